The summed E-state index contributed by atoms with van der Waals surface area (Å²) >= 11 is 0. The van der Waals surface area contributed by atoms with Crippen molar-refractivity contribution in [1.29, 1.82) is 0 Å². The van der Waals surface area contributed by atoms with Gasteiger partial charge >= 0.3 is 5.88 Å². The lowest BCUT2D eigenvalue weighted by molar-refractivity contribution is -0.962. The van der Waals surface area contributed by atoms with E-state index in [1.807, 2.05) is 6.20 Å². The molecule has 4 rings (SSSR count). The number of nitrogens with zero attached hydrogens (tertiary/aromatic N) is 3. The van der Waals surface area contributed by atoms with Gasteiger partial charge in [-0.25, -0.2) is 0 Å². The molecule has 0 amide bonds. The van der Waals surface area contributed by atoms with Crippen molar-refractivity contribution in [2.75, 3.05) is 26.1 Å². The molecule has 1 aromatic rings. The van der Waals surface area contributed by atoms with Crippen LogP contribution in [0.25, 0.3) is 11.9 Å². The van der Waals surface area contributed by atoms with Crippen molar-refractivity contribution in [3.05, 3.63) is 64.5 Å². The van der Waals surface area contributed by atoms with Crippen LogP contribution < -0.4 is 15.8 Å². The summed E-state index contributed by atoms with van der Waals surface area (Å²) in [6.07, 6.45) is 14.0. The van der Waals surface area contributed by atoms with Gasteiger partial charge in [0.1, 0.15) is 0 Å². The molecule has 6 nitrogen and oxygen atoms in total. The summed E-state index contributed by atoms with van der Waals surface area (Å²) in [6.45, 7) is 4.38. The maximum absolute atomic E-state index is 5.98. The molecule has 128 valence electrons. The van der Waals surface area contributed by atoms with Gasteiger partial charge in [0.05, 0.1) is 30.9 Å². The van der Waals surface area contributed by atoms with Crippen LogP contribution in [0.4, 0.5) is 5.82 Å². The van der Waals surface area contributed by atoms with E-state index in [-0.39, 0.29) is 4.65 Å². The Balaban J connectivity index is 2.09. The van der Waals surface area contributed by atoms with Crippen LogP contribution in [0, 0.1) is 0 Å². The van der Waals surface area contributed by atoms with Gasteiger partial charge in [-0.15, -0.1) is 11.7 Å². The zero-order valence-electron chi connectivity index (χ0n) is 14.5. The maximum atomic E-state index is 5.98. The number of quaternary nitrogens is 1. The van der Waals surface area contributed by atoms with Crippen molar-refractivity contribution in [2.45, 2.75) is 12.8 Å². The molecule has 1 aliphatic carbocycles. The summed E-state index contributed by atoms with van der Waals surface area (Å²) < 4.78 is 5.80. The third kappa shape index (κ3) is 2.18. The number of hydrogen-bond donors (Lipinski definition) is 1. The number of methoxy groups -OCH3 is 1. The van der Waals surface area contributed by atoms with E-state index >= 15 is 0 Å². The van der Waals surface area contributed by atoms with E-state index in [2.05, 4.69) is 40.3 Å². The Morgan fingerprint density at radius 1 is 1.40 bits per heavy atom. The second-order valence-corrected chi connectivity index (χ2v) is 6.08. The van der Waals surface area contributed by atoms with Crippen molar-refractivity contribution >= 4 is 17.7 Å². The minimum atomic E-state index is 0.0746. The first-order chi connectivity index (χ1) is 12.2. The summed E-state index contributed by atoms with van der Waals surface area (Å²) in [5.74, 6) is 1.46. The molecule has 0 saturated carbocycles. The minimum Gasteiger partial charge on any atom is -0.452 e. The Morgan fingerprint density at radius 3 is 3.04 bits per heavy atom. The fourth-order valence-electron chi connectivity index (χ4n) is 3.69. The fraction of sp³-hybridized carbons (Fsp3) is 0.263. The molecular weight excluding hydrogens is 316 g/mol. The average molecular weight is 337 g/mol. The van der Waals surface area contributed by atoms with Crippen molar-refractivity contribution in [2.24, 2.45) is 0 Å². The predicted octanol–water partition coefficient (Wildman–Crippen LogP) is 1.46. The molecule has 1 atom stereocenters. The Hall–Kier alpha value is -2.70. The zero-order chi connectivity index (χ0) is 17.4. The van der Waals surface area contributed by atoms with E-state index in [0.29, 0.717) is 6.54 Å². The van der Waals surface area contributed by atoms with Gasteiger partial charge in [-0.1, -0.05) is 22.9 Å². The molecule has 1 aromatic heterocycles. The highest BCUT2D eigenvalue weighted by Gasteiger charge is 2.49. The maximum Gasteiger partial charge on any atom is 0.335 e. The lowest BCUT2D eigenvalue weighted by atomic mass is 9.91. The van der Waals surface area contributed by atoms with Crippen LogP contribution in [0.2, 0.25) is 0 Å². The van der Waals surface area contributed by atoms with Gasteiger partial charge in [0.2, 0.25) is 0 Å². The number of fused-ring (bicyclic) bond motifs is 3. The number of hydrogen-bond acceptors (Lipinski definition) is 5. The fourth-order valence-corrected chi connectivity index (χ4v) is 3.69. The van der Waals surface area contributed by atoms with E-state index in [1.165, 1.54) is 11.1 Å². The highest BCUT2D eigenvalue weighted by Crippen LogP contribution is 2.43. The number of hydroxylamine groups is 3. The van der Waals surface area contributed by atoms with E-state index in [9.17, 15) is 0 Å². The van der Waals surface area contributed by atoms with Crippen molar-refractivity contribution in [3.63, 3.8) is 0 Å². The van der Waals surface area contributed by atoms with Crippen LogP contribution in [0.1, 0.15) is 12.8 Å². The van der Waals surface area contributed by atoms with Gasteiger partial charge in [-0.2, -0.15) is 9.94 Å². The SMILES string of the molecule is C=CCNc1nncc2c1=C1C3=C(C=C(OC)[N+]1(OC)C=2)CCC=C3. The molecular formula is C19H21N4O2+. The number of allylic oxidation sites excluding steroid dienone is 3. The normalized spacial score (nSPS) is 23.3. The van der Waals surface area contributed by atoms with E-state index in [4.69, 9.17) is 9.57 Å². The molecule has 2 aliphatic heterocycles. The van der Waals surface area contributed by atoms with Gasteiger partial charge in [0.15, 0.2) is 17.7 Å². The smallest absolute Gasteiger partial charge is 0.335 e. The van der Waals surface area contributed by atoms with Crippen LogP contribution in [-0.2, 0) is 9.57 Å². The molecule has 1 N–H and O–H groups in total. The van der Waals surface area contributed by atoms with Gasteiger partial charge in [0.25, 0.3) is 0 Å². The molecule has 1 unspecified atom stereocenters. The molecule has 0 saturated heterocycles. The van der Waals surface area contributed by atoms with Crippen LogP contribution in [0.5, 0.6) is 0 Å². The summed E-state index contributed by atoms with van der Waals surface area (Å²) in [4.78, 5) is 5.98. The first kappa shape index (κ1) is 15.8. The third-order valence-corrected chi connectivity index (χ3v) is 4.77. The summed E-state index contributed by atoms with van der Waals surface area (Å²) in [5.41, 5.74) is 3.44. The zero-order valence-corrected chi connectivity index (χ0v) is 14.5. The summed E-state index contributed by atoms with van der Waals surface area (Å²) in [5, 5.41) is 13.7. The summed E-state index contributed by atoms with van der Waals surface area (Å²) in [7, 11) is 3.36. The molecule has 0 bridgehead atoms. The van der Waals surface area contributed by atoms with E-state index in [0.717, 1.165) is 40.7 Å². The standard InChI is InChI=1S/C19H21N4O2/c1-4-9-20-19-17-14(11-21-22-19)12-23(25-3)16(24-2)10-13-7-5-6-8-15(13)18(17)23/h4,6,8,10-12H,1,5,7,9H2,2-3H3,(H,20,22)/q+1. The number of anilines is 1. The number of ether oxygens (including phenoxy) is 1. The molecule has 0 aromatic carbocycles. The van der Waals surface area contributed by atoms with Crippen LogP contribution in [0.15, 0.2) is 54.1 Å². The second-order valence-electron chi connectivity index (χ2n) is 6.08. The summed E-state index contributed by atoms with van der Waals surface area (Å²) in [6, 6.07) is 0. The molecule has 3 aliphatic rings. The second kappa shape index (κ2) is 5.98. The number of rotatable bonds is 5. The molecule has 0 fully saturated rings. The van der Waals surface area contributed by atoms with Crippen molar-refractivity contribution < 1.29 is 14.2 Å². The molecule has 25 heavy (non-hydrogen) atoms. The lowest BCUT2D eigenvalue weighted by Gasteiger charge is -2.34. The monoisotopic (exact) mass is 337 g/mol. The van der Waals surface area contributed by atoms with Gasteiger partial charge in [0, 0.05) is 18.2 Å². The topological polar surface area (TPSA) is 56.3 Å². The van der Waals surface area contributed by atoms with Crippen LogP contribution in [0.3, 0.4) is 0 Å². The Labute approximate surface area is 146 Å². The first-order valence-corrected chi connectivity index (χ1v) is 8.30. The first-order valence-electron chi connectivity index (χ1n) is 8.30. The number of nitrogens with one attached hydrogen (secondary N) is 1. The Kier molecular flexibility index (Phi) is 3.78. The predicted molar refractivity (Wildman–Crippen MR) is 95.6 cm³/mol. The third-order valence-electron chi connectivity index (χ3n) is 4.77. The minimum absolute atomic E-state index is 0.0746. The number of aromatic nitrogens is 2. The van der Waals surface area contributed by atoms with Crippen molar-refractivity contribution in [1.82, 2.24) is 10.2 Å². The Morgan fingerprint density at radius 2 is 2.28 bits per heavy atom. The van der Waals surface area contributed by atoms with Gasteiger partial charge in [-0.3, -0.25) is 0 Å². The van der Waals surface area contributed by atoms with Gasteiger partial charge < -0.3 is 10.1 Å². The quantitative estimate of drug-likeness (QED) is 0.651. The Bertz CT molecular complexity index is 958. The molecule has 0 spiro atoms. The van der Waals surface area contributed by atoms with E-state index < -0.39 is 0 Å². The highest BCUT2D eigenvalue weighted by molar-refractivity contribution is 5.74. The van der Waals surface area contributed by atoms with Gasteiger partial charge in [-0.05, 0) is 18.4 Å². The molecule has 6 heteroatoms. The van der Waals surface area contributed by atoms with Crippen LogP contribution >= 0.6 is 0 Å². The van der Waals surface area contributed by atoms with Crippen LogP contribution in [-0.4, -0.2) is 35.6 Å². The molecule has 3 heterocycles. The van der Waals surface area contributed by atoms with Crippen molar-refractivity contribution in [3.8, 4) is 0 Å². The lowest BCUT2D eigenvalue weighted by Crippen LogP contribution is -2.42. The largest absolute Gasteiger partial charge is 0.452 e. The highest BCUT2D eigenvalue weighted by atomic mass is 16.7. The molecule has 0 radical (unpaired) electrons. The average Bonchev–Trinajstić information content (AvgIpc) is 3.02. The van der Waals surface area contributed by atoms with E-state index in [1.54, 1.807) is 26.5 Å².